The van der Waals surface area contributed by atoms with Crippen molar-refractivity contribution < 1.29 is 19.1 Å². The molecule has 2 aliphatic heterocycles. The highest BCUT2D eigenvalue weighted by molar-refractivity contribution is 7.21. The van der Waals surface area contributed by atoms with Crippen LogP contribution in [-0.2, 0) is 4.79 Å². The maximum absolute atomic E-state index is 13.4. The SMILES string of the molecule is C=CC(=O)N1CCC(NC(=O)c2sc3nccc4c3c2NC(=O)N4c2cnc(Oc3ccccc3)cc2C)C1. The predicted octanol–water partition coefficient (Wildman–Crippen LogP) is 4.99. The first-order valence-corrected chi connectivity index (χ1v) is 13.2. The van der Waals surface area contributed by atoms with Gasteiger partial charge in [-0.05, 0) is 43.2 Å². The number of pyridine rings is 2. The number of nitrogens with zero attached hydrogens (tertiary/aromatic N) is 4. The fourth-order valence-electron chi connectivity index (χ4n) is 4.86. The van der Waals surface area contributed by atoms with E-state index in [0.717, 1.165) is 5.56 Å². The molecule has 196 valence electrons. The van der Waals surface area contributed by atoms with Crippen LogP contribution in [0.2, 0.25) is 0 Å². The van der Waals surface area contributed by atoms with Gasteiger partial charge in [0.2, 0.25) is 11.8 Å². The van der Waals surface area contributed by atoms with Gasteiger partial charge in [0.15, 0.2) is 0 Å². The Balaban J connectivity index is 1.29. The van der Waals surface area contributed by atoms with E-state index >= 15 is 0 Å². The van der Waals surface area contributed by atoms with Gasteiger partial charge in [0.1, 0.15) is 15.5 Å². The number of thiophene rings is 1. The Morgan fingerprint density at radius 3 is 2.79 bits per heavy atom. The molecule has 0 bridgehead atoms. The number of hydrogen-bond donors (Lipinski definition) is 2. The molecule has 3 aromatic heterocycles. The largest absolute Gasteiger partial charge is 0.439 e. The van der Waals surface area contributed by atoms with Crippen molar-refractivity contribution in [3.63, 3.8) is 0 Å². The number of aromatic nitrogens is 2. The highest BCUT2D eigenvalue weighted by Crippen LogP contribution is 2.46. The quantitative estimate of drug-likeness (QED) is 0.333. The van der Waals surface area contributed by atoms with Crippen molar-refractivity contribution in [2.45, 2.75) is 19.4 Å². The molecule has 6 rings (SSSR count). The molecule has 1 saturated heterocycles. The summed E-state index contributed by atoms with van der Waals surface area (Å²) in [5.41, 5.74) is 2.41. The number of urea groups is 1. The monoisotopic (exact) mass is 540 g/mol. The first-order chi connectivity index (χ1) is 18.9. The van der Waals surface area contributed by atoms with Crippen LogP contribution in [0.15, 0.2) is 67.5 Å². The van der Waals surface area contributed by atoms with Crippen LogP contribution in [0.3, 0.4) is 0 Å². The van der Waals surface area contributed by atoms with Crippen LogP contribution in [0.1, 0.15) is 21.7 Å². The third-order valence-corrected chi connectivity index (χ3v) is 7.82. The summed E-state index contributed by atoms with van der Waals surface area (Å²) >= 11 is 1.22. The van der Waals surface area contributed by atoms with Crippen LogP contribution in [0.5, 0.6) is 11.6 Å². The number of carbonyl (C=O) groups is 3. The van der Waals surface area contributed by atoms with E-state index in [1.165, 1.54) is 22.3 Å². The molecule has 11 heteroatoms. The van der Waals surface area contributed by atoms with Crippen LogP contribution in [-0.4, -0.2) is 51.8 Å². The zero-order valence-corrected chi connectivity index (χ0v) is 21.8. The molecule has 0 radical (unpaired) electrons. The molecule has 2 N–H and O–H groups in total. The third kappa shape index (κ3) is 4.46. The standard InChI is InChI=1S/C28H24N6O4S/c1-3-22(35)33-12-10-17(15-33)31-26(36)25-24-23-19(9-11-29-27(23)39-25)34(28(37)32-24)20-14-30-21(13-16(20)2)38-18-7-5-4-6-8-18/h3-9,11,13-14,17H,1,10,12,15H2,2H3,(H,31,36)(H,32,37). The molecule has 1 atom stereocenters. The number of benzene rings is 1. The molecule has 5 heterocycles. The number of carbonyl (C=O) groups excluding carboxylic acids is 3. The number of nitrogens with one attached hydrogen (secondary N) is 2. The number of rotatable bonds is 6. The van der Waals surface area contributed by atoms with Crippen molar-refractivity contribution in [2.24, 2.45) is 0 Å². The maximum Gasteiger partial charge on any atom is 0.331 e. The van der Waals surface area contributed by atoms with Crippen molar-refractivity contribution in [1.29, 1.82) is 0 Å². The fraction of sp³-hybridized carbons (Fsp3) is 0.179. The molecule has 0 spiro atoms. The molecule has 2 aliphatic rings. The van der Waals surface area contributed by atoms with E-state index < -0.39 is 6.03 Å². The van der Waals surface area contributed by atoms with Gasteiger partial charge in [0, 0.05) is 31.4 Å². The van der Waals surface area contributed by atoms with E-state index in [2.05, 4.69) is 27.2 Å². The molecule has 4 aromatic rings. The average molecular weight is 541 g/mol. The highest BCUT2D eigenvalue weighted by atomic mass is 32.1. The molecular formula is C28H24N6O4S. The van der Waals surface area contributed by atoms with Crippen LogP contribution >= 0.6 is 11.3 Å². The second kappa shape index (κ2) is 9.84. The Bertz CT molecular complexity index is 1640. The molecular weight excluding hydrogens is 516 g/mol. The normalized spacial score (nSPS) is 16.2. The maximum atomic E-state index is 13.4. The van der Waals surface area contributed by atoms with Crippen LogP contribution in [0.25, 0.3) is 10.2 Å². The van der Waals surface area contributed by atoms with E-state index in [9.17, 15) is 14.4 Å². The van der Waals surface area contributed by atoms with E-state index in [-0.39, 0.29) is 17.9 Å². The van der Waals surface area contributed by atoms with Gasteiger partial charge in [-0.25, -0.2) is 14.8 Å². The lowest BCUT2D eigenvalue weighted by Crippen LogP contribution is -2.39. The number of anilines is 3. The Hall–Kier alpha value is -4.77. The van der Waals surface area contributed by atoms with E-state index in [0.29, 0.717) is 63.3 Å². The minimum atomic E-state index is -0.410. The molecule has 0 aliphatic carbocycles. The van der Waals surface area contributed by atoms with Gasteiger partial charge >= 0.3 is 6.03 Å². The van der Waals surface area contributed by atoms with E-state index in [4.69, 9.17) is 4.74 Å². The van der Waals surface area contributed by atoms with Gasteiger partial charge in [0.25, 0.3) is 5.91 Å². The summed E-state index contributed by atoms with van der Waals surface area (Å²) in [5, 5.41) is 6.59. The minimum Gasteiger partial charge on any atom is -0.439 e. The van der Waals surface area contributed by atoms with Gasteiger partial charge in [-0.2, -0.15) is 0 Å². The molecule has 1 unspecified atom stereocenters. The summed E-state index contributed by atoms with van der Waals surface area (Å²) < 4.78 is 5.84. The smallest absolute Gasteiger partial charge is 0.331 e. The van der Waals surface area contributed by atoms with Gasteiger partial charge in [-0.3, -0.25) is 14.5 Å². The number of ether oxygens (including phenoxy) is 1. The minimum absolute atomic E-state index is 0.158. The van der Waals surface area contributed by atoms with Crippen molar-refractivity contribution in [3.8, 4) is 11.6 Å². The molecule has 0 saturated carbocycles. The fourth-order valence-corrected chi connectivity index (χ4v) is 5.89. The Kier molecular flexibility index (Phi) is 6.20. The Labute approximate surface area is 227 Å². The van der Waals surface area contributed by atoms with Gasteiger partial charge in [-0.15, -0.1) is 11.3 Å². The van der Waals surface area contributed by atoms with Gasteiger partial charge in [0.05, 0.1) is 28.6 Å². The van der Waals surface area contributed by atoms with Crippen LogP contribution < -0.4 is 20.3 Å². The molecule has 10 nitrogen and oxygen atoms in total. The van der Waals surface area contributed by atoms with E-state index in [1.807, 2.05) is 37.3 Å². The highest BCUT2D eigenvalue weighted by Gasteiger charge is 2.34. The second-order valence-corrected chi connectivity index (χ2v) is 10.3. The van der Waals surface area contributed by atoms with Gasteiger partial charge in [-0.1, -0.05) is 24.8 Å². The number of amides is 4. The molecule has 4 amide bonds. The lowest BCUT2D eigenvalue weighted by molar-refractivity contribution is -0.125. The summed E-state index contributed by atoms with van der Waals surface area (Å²) in [6, 6.07) is 12.3. The van der Waals surface area contributed by atoms with Crippen molar-refractivity contribution in [3.05, 3.63) is 78.0 Å². The zero-order valence-electron chi connectivity index (χ0n) is 21.0. The summed E-state index contributed by atoms with van der Waals surface area (Å²) in [6.45, 7) is 6.37. The molecule has 1 aromatic carbocycles. The zero-order chi connectivity index (χ0) is 27.1. The molecule has 39 heavy (non-hydrogen) atoms. The Morgan fingerprint density at radius 1 is 1.21 bits per heavy atom. The number of para-hydroxylation sites is 1. The van der Waals surface area contributed by atoms with Crippen molar-refractivity contribution in [1.82, 2.24) is 20.2 Å². The van der Waals surface area contributed by atoms with E-state index in [1.54, 1.807) is 29.4 Å². The lowest BCUT2D eigenvalue weighted by Gasteiger charge is -2.29. The van der Waals surface area contributed by atoms with Gasteiger partial charge < -0.3 is 20.3 Å². The summed E-state index contributed by atoms with van der Waals surface area (Å²) in [6.07, 6.45) is 5.14. The first-order valence-electron chi connectivity index (χ1n) is 12.4. The number of likely N-dealkylation sites (tertiary alicyclic amines) is 1. The number of hydrogen-bond acceptors (Lipinski definition) is 7. The lowest BCUT2D eigenvalue weighted by atomic mass is 10.1. The topological polar surface area (TPSA) is 117 Å². The average Bonchev–Trinajstić information content (AvgIpc) is 3.55. The third-order valence-electron chi connectivity index (χ3n) is 6.73. The summed E-state index contributed by atoms with van der Waals surface area (Å²) in [7, 11) is 0. The first kappa shape index (κ1) is 24.6. The van der Waals surface area contributed by atoms with Crippen molar-refractivity contribution in [2.75, 3.05) is 23.3 Å². The summed E-state index contributed by atoms with van der Waals surface area (Å²) in [5.74, 6) is 0.602. The van der Waals surface area contributed by atoms with Crippen LogP contribution in [0.4, 0.5) is 21.9 Å². The summed E-state index contributed by atoms with van der Waals surface area (Å²) in [4.78, 5) is 51.7. The second-order valence-electron chi connectivity index (χ2n) is 9.25. The Morgan fingerprint density at radius 2 is 2.03 bits per heavy atom. The predicted molar refractivity (Wildman–Crippen MR) is 149 cm³/mol. The van der Waals surface area contributed by atoms with Crippen LogP contribution in [0, 0.1) is 6.92 Å². The molecule has 1 fully saturated rings. The van der Waals surface area contributed by atoms with Crippen molar-refractivity contribution >= 4 is 56.5 Å². The number of aryl methyl sites for hydroxylation is 1.